The molecule has 1 aliphatic heterocycles. The summed E-state index contributed by atoms with van der Waals surface area (Å²) in [6.45, 7) is 8.27. The lowest BCUT2D eigenvalue weighted by Gasteiger charge is -2.30. The Hall–Kier alpha value is -0.570. The Morgan fingerprint density at radius 3 is 2.87 bits per heavy atom. The highest BCUT2D eigenvalue weighted by Crippen LogP contribution is 2.14. The predicted octanol–water partition coefficient (Wildman–Crippen LogP) is 1.54. The zero-order valence-electron chi connectivity index (χ0n) is 10.2. The Morgan fingerprint density at radius 2 is 2.27 bits per heavy atom. The molecular formula is C12H24N2O. The normalized spacial score (nSPS) is 26.7. The quantitative estimate of drug-likeness (QED) is 0.742. The second-order valence-electron chi connectivity index (χ2n) is 5.08. The summed E-state index contributed by atoms with van der Waals surface area (Å²) in [5.41, 5.74) is 0. The fourth-order valence-corrected chi connectivity index (χ4v) is 2.05. The van der Waals surface area contributed by atoms with E-state index in [2.05, 4.69) is 31.4 Å². The van der Waals surface area contributed by atoms with Crippen molar-refractivity contribution >= 4 is 5.91 Å². The number of hydrogen-bond donors (Lipinski definition) is 2. The van der Waals surface area contributed by atoms with E-state index in [0.29, 0.717) is 24.3 Å². The first-order chi connectivity index (χ1) is 7.09. The van der Waals surface area contributed by atoms with Crippen LogP contribution < -0.4 is 10.6 Å². The minimum atomic E-state index is 0.185. The molecule has 2 atom stereocenters. The summed E-state index contributed by atoms with van der Waals surface area (Å²) in [6.07, 6.45) is 3.18. The fourth-order valence-electron chi connectivity index (χ4n) is 2.05. The molecule has 1 fully saturated rings. The van der Waals surface area contributed by atoms with Crippen LogP contribution in [0.5, 0.6) is 0 Å². The minimum absolute atomic E-state index is 0.185. The monoisotopic (exact) mass is 212 g/mol. The second-order valence-corrected chi connectivity index (χ2v) is 5.08. The summed E-state index contributed by atoms with van der Waals surface area (Å²) >= 11 is 0. The van der Waals surface area contributed by atoms with E-state index in [1.807, 2.05) is 0 Å². The van der Waals surface area contributed by atoms with Gasteiger partial charge in [0.1, 0.15) is 0 Å². The molecule has 0 aromatic heterocycles. The van der Waals surface area contributed by atoms with E-state index in [4.69, 9.17) is 0 Å². The standard InChI is InChI=1S/C12H24N2O/c1-9(2)7-12(15)14-8-11-10(3)5-4-6-13-11/h9-11,13H,4-8H2,1-3H3,(H,14,15). The van der Waals surface area contributed by atoms with Gasteiger partial charge in [0.15, 0.2) is 0 Å². The molecule has 15 heavy (non-hydrogen) atoms. The predicted molar refractivity (Wildman–Crippen MR) is 62.7 cm³/mol. The van der Waals surface area contributed by atoms with Gasteiger partial charge in [-0.1, -0.05) is 20.8 Å². The molecule has 3 heteroatoms. The molecule has 88 valence electrons. The highest BCUT2D eigenvalue weighted by atomic mass is 16.1. The molecule has 2 unspecified atom stereocenters. The SMILES string of the molecule is CC(C)CC(=O)NCC1NCCCC1C. The molecule has 0 aromatic carbocycles. The molecule has 1 saturated heterocycles. The van der Waals surface area contributed by atoms with Gasteiger partial charge >= 0.3 is 0 Å². The number of rotatable bonds is 4. The van der Waals surface area contributed by atoms with Gasteiger partial charge in [0.25, 0.3) is 0 Å². The molecule has 1 aliphatic rings. The van der Waals surface area contributed by atoms with Crippen LogP contribution in [-0.4, -0.2) is 25.0 Å². The lowest BCUT2D eigenvalue weighted by Crippen LogP contribution is -2.47. The van der Waals surface area contributed by atoms with Crippen molar-refractivity contribution in [1.29, 1.82) is 0 Å². The van der Waals surface area contributed by atoms with Gasteiger partial charge in [-0.2, -0.15) is 0 Å². The van der Waals surface area contributed by atoms with E-state index < -0.39 is 0 Å². The number of amides is 1. The Labute approximate surface area is 93.0 Å². The summed E-state index contributed by atoms with van der Waals surface area (Å²) in [7, 11) is 0. The number of carbonyl (C=O) groups is 1. The van der Waals surface area contributed by atoms with Crippen molar-refractivity contribution in [2.45, 2.75) is 46.1 Å². The minimum Gasteiger partial charge on any atom is -0.355 e. The molecule has 0 saturated carbocycles. The van der Waals surface area contributed by atoms with Crippen LogP contribution in [0.2, 0.25) is 0 Å². The van der Waals surface area contributed by atoms with Gasteiger partial charge in [-0.3, -0.25) is 4.79 Å². The third-order valence-corrected chi connectivity index (χ3v) is 3.04. The highest BCUT2D eigenvalue weighted by molar-refractivity contribution is 5.76. The van der Waals surface area contributed by atoms with Gasteiger partial charge < -0.3 is 10.6 Å². The molecule has 0 spiro atoms. The fraction of sp³-hybridized carbons (Fsp3) is 0.917. The molecule has 3 nitrogen and oxygen atoms in total. The van der Waals surface area contributed by atoms with Gasteiger partial charge in [-0.05, 0) is 31.2 Å². The Bertz CT molecular complexity index is 204. The number of hydrogen-bond acceptors (Lipinski definition) is 2. The van der Waals surface area contributed by atoms with Crippen molar-refractivity contribution < 1.29 is 4.79 Å². The van der Waals surface area contributed by atoms with Crippen molar-refractivity contribution in [3.8, 4) is 0 Å². The smallest absolute Gasteiger partial charge is 0.220 e. The van der Waals surface area contributed by atoms with Crippen molar-refractivity contribution in [2.75, 3.05) is 13.1 Å². The Morgan fingerprint density at radius 1 is 1.53 bits per heavy atom. The highest BCUT2D eigenvalue weighted by Gasteiger charge is 2.20. The Balaban J connectivity index is 2.20. The molecule has 0 bridgehead atoms. The van der Waals surface area contributed by atoms with Gasteiger partial charge in [0, 0.05) is 19.0 Å². The first-order valence-corrected chi connectivity index (χ1v) is 6.09. The summed E-state index contributed by atoms with van der Waals surface area (Å²) in [5, 5.41) is 6.48. The van der Waals surface area contributed by atoms with Gasteiger partial charge in [0.2, 0.25) is 5.91 Å². The second kappa shape index (κ2) is 6.11. The molecule has 1 amide bonds. The van der Waals surface area contributed by atoms with Crippen LogP contribution in [0.15, 0.2) is 0 Å². The summed E-state index contributed by atoms with van der Waals surface area (Å²) in [6, 6.07) is 0.467. The van der Waals surface area contributed by atoms with Crippen LogP contribution in [0.25, 0.3) is 0 Å². The summed E-state index contributed by atoms with van der Waals surface area (Å²) in [5.74, 6) is 1.31. The molecule has 1 heterocycles. The number of piperidine rings is 1. The average Bonchev–Trinajstić information content (AvgIpc) is 2.15. The van der Waals surface area contributed by atoms with Crippen LogP contribution in [0, 0.1) is 11.8 Å². The van der Waals surface area contributed by atoms with E-state index >= 15 is 0 Å². The van der Waals surface area contributed by atoms with Gasteiger partial charge in [0.05, 0.1) is 0 Å². The van der Waals surface area contributed by atoms with Gasteiger partial charge in [-0.15, -0.1) is 0 Å². The molecule has 2 N–H and O–H groups in total. The lowest BCUT2D eigenvalue weighted by molar-refractivity contribution is -0.121. The molecule has 0 aromatic rings. The molecule has 0 radical (unpaired) electrons. The van der Waals surface area contributed by atoms with Crippen LogP contribution in [-0.2, 0) is 4.79 Å². The zero-order chi connectivity index (χ0) is 11.3. The van der Waals surface area contributed by atoms with E-state index in [9.17, 15) is 4.79 Å². The molecule has 0 aliphatic carbocycles. The lowest BCUT2D eigenvalue weighted by atomic mass is 9.93. The van der Waals surface area contributed by atoms with Crippen LogP contribution in [0.4, 0.5) is 0 Å². The van der Waals surface area contributed by atoms with Crippen molar-refractivity contribution in [3.05, 3.63) is 0 Å². The maximum atomic E-state index is 11.5. The molecular weight excluding hydrogens is 188 g/mol. The third-order valence-electron chi connectivity index (χ3n) is 3.04. The summed E-state index contributed by atoms with van der Waals surface area (Å²) in [4.78, 5) is 11.5. The third kappa shape index (κ3) is 4.65. The van der Waals surface area contributed by atoms with Crippen molar-refractivity contribution in [1.82, 2.24) is 10.6 Å². The van der Waals surface area contributed by atoms with Crippen molar-refractivity contribution in [3.63, 3.8) is 0 Å². The maximum absolute atomic E-state index is 11.5. The van der Waals surface area contributed by atoms with E-state index in [-0.39, 0.29) is 5.91 Å². The van der Waals surface area contributed by atoms with Crippen LogP contribution >= 0.6 is 0 Å². The van der Waals surface area contributed by atoms with E-state index in [1.54, 1.807) is 0 Å². The topological polar surface area (TPSA) is 41.1 Å². The Kier molecular flexibility index (Phi) is 5.09. The van der Waals surface area contributed by atoms with Crippen LogP contribution in [0.1, 0.15) is 40.0 Å². The van der Waals surface area contributed by atoms with E-state index in [0.717, 1.165) is 13.1 Å². The average molecular weight is 212 g/mol. The number of carbonyl (C=O) groups excluding carboxylic acids is 1. The maximum Gasteiger partial charge on any atom is 0.220 e. The van der Waals surface area contributed by atoms with Crippen LogP contribution in [0.3, 0.4) is 0 Å². The van der Waals surface area contributed by atoms with E-state index in [1.165, 1.54) is 12.8 Å². The largest absolute Gasteiger partial charge is 0.355 e. The van der Waals surface area contributed by atoms with Crippen molar-refractivity contribution in [2.24, 2.45) is 11.8 Å². The summed E-state index contributed by atoms with van der Waals surface area (Å²) < 4.78 is 0. The first kappa shape index (κ1) is 12.5. The number of nitrogens with one attached hydrogen (secondary N) is 2. The zero-order valence-corrected chi connectivity index (χ0v) is 10.2. The molecule has 1 rings (SSSR count). The van der Waals surface area contributed by atoms with Gasteiger partial charge in [-0.25, -0.2) is 0 Å². The first-order valence-electron chi connectivity index (χ1n) is 6.09.